The minimum Gasteiger partial charge on any atom is -0.378 e. The van der Waals surface area contributed by atoms with Gasteiger partial charge >= 0.3 is 0 Å². The molecule has 0 spiro atoms. The minimum atomic E-state index is 0.0971. The van der Waals surface area contributed by atoms with Crippen LogP contribution < -0.4 is 0 Å². The zero-order valence-electron chi connectivity index (χ0n) is 9.55. The second kappa shape index (κ2) is 5.70. The highest BCUT2D eigenvalue weighted by atomic mass is 32.1. The van der Waals surface area contributed by atoms with E-state index in [9.17, 15) is 4.79 Å². The van der Waals surface area contributed by atoms with Crippen LogP contribution in [-0.2, 0) is 17.8 Å². The Bertz CT molecular complexity index is 493. The largest absolute Gasteiger partial charge is 0.378 e. The van der Waals surface area contributed by atoms with Crippen molar-refractivity contribution in [3.8, 4) is 0 Å². The van der Waals surface area contributed by atoms with Crippen LogP contribution in [0.3, 0.4) is 0 Å². The van der Waals surface area contributed by atoms with Crippen molar-refractivity contribution in [2.45, 2.75) is 13.0 Å². The topological polar surface area (TPSA) is 39.2 Å². The fourth-order valence-corrected chi connectivity index (χ4v) is 2.27. The molecular formula is C13H13NO2S. The van der Waals surface area contributed by atoms with E-state index in [1.807, 2.05) is 35.7 Å². The van der Waals surface area contributed by atoms with E-state index in [1.54, 1.807) is 7.11 Å². The summed E-state index contributed by atoms with van der Waals surface area (Å²) >= 11 is 1.52. The first-order chi connectivity index (χ1) is 8.29. The maximum absolute atomic E-state index is 11.9. The molecule has 1 aromatic heterocycles. The number of rotatable bonds is 5. The molecule has 0 aliphatic heterocycles. The van der Waals surface area contributed by atoms with Gasteiger partial charge in [-0.25, -0.2) is 4.98 Å². The number of methoxy groups -OCH3 is 1. The molecule has 0 fully saturated rings. The number of nitrogens with zero attached hydrogens (tertiary/aromatic N) is 1. The molecule has 0 radical (unpaired) electrons. The highest BCUT2D eigenvalue weighted by Gasteiger charge is 2.09. The Balaban J connectivity index is 2.03. The minimum absolute atomic E-state index is 0.0971. The molecule has 0 aliphatic carbocycles. The van der Waals surface area contributed by atoms with Crippen molar-refractivity contribution in [3.63, 3.8) is 0 Å². The van der Waals surface area contributed by atoms with E-state index in [2.05, 4.69) is 4.98 Å². The molecule has 0 saturated heterocycles. The molecule has 88 valence electrons. The third-order valence-corrected chi connectivity index (χ3v) is 3.18. The second-order valence-electron chi connectivity index (χ2n) is 3.63. The molecule has 3 nitrogen and oxygen atoms in total. The van der Waals surface area contributed by atoms with Crippen molar-refractivity contribution in [2.75, 3.05) is 7.11 Å². The van der Waals surface area contributed by atoms with Gasteiger partial charge in [-0.15, -0.1) is 11.3 Å². The predicted octanol–water partition coefficient (Wildman–Crippen LogP) is 2.71. The van der Waals surface area contributed by atoms with E-state index in [0.717, 1.165) is 16.3 Å². The van der Waals surface area contributed by atoms with Crippen LogP contribution in [0.2, 0.25) is 0 Å². The summed E-state index contributed by atoms with van der Waals surface area (Å²) in [5.41, 5.74) is 1.55. The summed E-state index contributed by atoms with van der Waals surface area (Å²) in [5.74, 6) is 0.0971. The van der Waals surface area contributed by atoms with Crippen molar-refractivity contribution in [1.29, 1.82) is 0 Å². The van der Waals surface area contributed by atoms with Crippen molar-refractivity contribution < 1.29 is 9.53 Å². The first kappa shape index (κ1) is 12.0. The summed E-state index contributed by atoms with van der Waals surface area (Å²) in [6.07, 6.45) is 0.351. The average Bonchev–Trinajstić information content (AvgIpc) is 2.78. The number of thiazole rings is 1. The SMILES string of the molecule is COCc1nc(CC(=O)c2ccccc2)cs1. The van der Waals surface area contributed by atoms with Gasteiger partial charge in [0.1, 0.15) is 5.01 Å². The standard InChI is InChI=1S/C13H13NO2S/c1-16-8-13-14-11(9-17-13)7-12(15)10-5-3-2-4-6-10/h2-6,9H,7-8H2,1H3. The lowest BCUT2D eigenvalue weighted by Gasteiger charge is -1.97. The molecule has 0 aliphatic rings. The van der Waals surface area contributed by atoms with Crippen LogP contribution in [0.15, 0.2) is 35.7 Å². The van der Waals surface area contributed by atoms with E-state index in [4.69, 9.17) is 4.74 Å². The molecule has 0 atom stereocenters. The maximum atomic E-state index is 11.9. The third-order valence-electron chi connectivity index (χ3n) is 2.30. The molecule has 0 N–H and O–H groups in total. The molecule has 17 heavy (non-hydrogen) atoms. The summed E-state index contributed by atoms with van der Waals surface area (Å²) < 4.78 is 4.99. The van der Waals surface area contributed by atoms with E-state index >= 15 is 0 Å². The lowest BCUT2D eigenvalue weighted by atomic mass is 10.1. The van der Waals surface area contributed by atoms with Gasteiger partial charge in [-0.1, -0.05) is 30.3 Å². The number of hydrogen-bond acceptors (Lipinski definition) is 4. The van der Waals surface area contributed by atoms with Gasteiger partial charge in [0.05, 0.1) is 18.7 Å². The summed E-state index contributed by atoms with van der Waals surface area (Å²) in [6, 6.07) is 9.28. The molecule has 2 aromatic rings. The zero-order valence-corrected chi connectivity index (χ0v) is 10.4. The molecule has 0 saturated carbocycles. The Morgan fingerprint density at radius 3 is 2.82 bits per heavy atom. The maximum Gasteiger partial charge on any atom is 0.168 e. The average molecular weight is 247 g/mol. The van der Waals surface area contributed by atoms with Gasteiger partial charge in [-0.2, -0.15) is 0 Å². The van der Waals surface area contributed by atoms with Crippen LogP contribution in [0.5, 0.6) is 0 Å². The molecule has 0 bridgehead atoms. The van der Waals surface area contributed by atoms with Crippen LogP contribution in [0, 0.1) is 0 Å². The Morgan fingerprint density at radius 2 is 2.12 bits per heavy atom. The van der Waals surface area contributed by atoms with Gasteiger partial charge in [-0.3, -0.25) is 4.79 Å². The molecule has 2 rings (SSSR count). The van der Waals surface area contributed by atoms with Gasteiger partial charge in [0, 0.05) is 18.1 Å². The normalized spacial score (nSPS) is 10.4. The summed E-state index contributed by atoms with van der Waals surface area (Å²) in [5, 5.41) is 2.82. The molecular weight excluding hydrogens is 234 g/mol. The number of benzene rings is 1. The summed E-state index contributed by atoms with van der Waals surface area (Å²) in [4.78, 5) is 16.3. The molecule has 1 aromatic carbocycles. The van der Waals surface area contributed by atoms with Gasteiger partial charge in [0.2, 0.25) is 0 Å². The number of hydrogen-bond donors (Lipinski definition) is 0. The Labute approximate surface area is 104 Å². The zero-order chi connectivity index (χ0) is 12.1. The van der Waals surface area contributed by atoms with Crippen LogP contribution in [0.1, 0.15) is 21.1 Å². The quantitative estimate of drug-likeness (QED) is 0.763. The molecule has 4 heteroatoms. The van der Waals surface area contributed by atoms with Gasteiger partial charge in [0.25, 0.3) is 0 Å². The monoisotopic (exact) mass is 247 g/mol. The van der Waals surface area contributed by atoms with Crippen LogP contribution >= 0.6 is 11.3 Å². The van der Waals surface area contributed by atoms with Gasteiger partial charge in [0.15, 0.2) is 5.78 Å². The van der Waals surface area contributed by atoms with Crippen molar-refractivity contribution >= 4 is 17.1 Å². The number of Topliss-reactive ketones (excluding diaryl/α,β-unsaturated/α-hetero) is 1. The van der Waals surface area contributed by atoms with Crippen molar-refractivity contribution in [1.82, 2.24) is 4.98 Å². The Morgan fingerprint density at radius 1 is 1.35 bits per heavy atom. The predicted molar refractivity (Wildman–Crippen MR) is 67.3 cm³/mol. The Hall–Kier alpha value is -1.52. The number of aromatic nitrogens is 1. The van der Waals surface area contributed by atoms with Crippen molar-refractivity contribution in [2.24, 2.45) is 0 Å². The lowest BCUT2D eigenvalue weighted by Crippen LogP contribution is -2.03. The van der Waals surface area contributed by atoms with Crippen LogP contribution in [0.25, 0.3) is 0 Å². The smallest absolute Gasteiger partial charge is 0.168 e. The van der Waals surface area contributed by atoms with Crippen molar-refractivity contribution in [3.05, 3.63) is 52.0 Å². The van der Waals surface area contributed by atoms with Gasteiger partial charge < -0.3 is 4.74 Å². The van der Waals surface area contributed by atoms with Crippen LogP contribution in [0.4, 0.5) is 0 Å². The number of ketones is 1. The summed E-state index contributed by atoms with van der Waals surface area (Å²) in [6.45, 7) is 0.504. The highest BCUT2D eigenvalue weighted by molar-refractivity contribution is 7.09. The first-order valence-electron chi connectivity index (χ1n) is 5.30. The third kappa shape index (κ3) is 3.22. The highest BCUT2D eigenvalue weighted by Crippen LogP contribution is 2.13. The lowest BCUT2D eigenvalue weighted by molar-refractivity contribution is 0.0992. The van der Waals surface area contributed by atoms with E-state index in [0.29, 0.717) is 13.0 Å². The fraction of sp³-hybridized carbons (Fsp3) is 0.231. The number of carbonyl (C=O) groups is 1. The van der Waals surface area contributed by atoms with Gasteiger partial charge in [-0.05, 0) is 0 Å². The van der Waals surface area contributed by atoms with Crippen LogP contribution in [-0.4, -0.2) is 17.9 Å². The molecule has 0 amide bonds. The molecule has 0 unspecified atom stereocenters. The first-order valence-corrected chi connectivity index (χ1v) is 6.18. The van der Waals surface area contributed by atoms with E-state index < -0.39 is 0 Å². The fourth-order valence-electron chi connectivity index (χ4n) is 1.51. The summed E-state index contributed by atoms with van der Waals surface area (Å²) in [7, 11) is 1.64. The second-order valence-corrected chi connectivity index (χ2v) is 4.57. The van der Waals surface area contributed by atoms with E-state index in [-0.39, 0.29) is 5.78 Å². The number of carbonyl (C=O) groups excluding carboxylic acids is 1. The Kier molecular flexibility index (Phi) is 4.01. The molecule has 1 heterocycles. The number of ether oxygens (including phenoxy) is 1. The van der Waals surface area contributed by atoms with E-state index in [1.165, 1.54) is 11.3 Å².